The van der Waals surface area contributed by atoms with Gasteiger partial charge in [-0.3, -0.25) is 5.14 Å². The number of rotatable bonds is 11. The molecule has 0 saturated heterocycles. The predicted octanol–water partition coefficient (Wildman–Crippen LogP) is 5.28. The van der Waals surface area contributed by atoms with E-state index in [-0.39, 0.29) is 0 Å². The van der Waals surface area contributed by atoms with Crippen molar-refractivity contribution in [2.24, 2.45) is 5.14 Å². The lowest BCUT2D eigenvalue weighted by Gasteiger charge is -2.14. The van der Waals surface area contributed by atoms with Crippen molar-refractivity contribution < 1.29 is 8.95 Å². The summed E-state index contributed by atoms with van der Waals surface area (Å²) in [5.74, 6) is 5.52. The van der Waals surface area contributed by atoms with Gasteiger partial charge in [0.15, 0.2) is 0 Å². The van der Waals surface area contributed by atoms with Crippen LogP contribution in [0.15, 0.2) is 90.0 Å². The highest BCUT2D eigenvalue weighted by Gasteiger charge is 2.11. The summed E-state index contributed by atoms with van der Waals surface area (Å²) in [6.07, 6.45) is 3.72. The number of aromatic nitrogens is 2. The highest BCUT2D eigenvalue weighted by atomic mass is 32.2. The Bertz CT molecular complexity index is 1390. The van der Waals surface area contributed by atoms with E-state index in [0.717, 1.165) is 42.1 Å². The lowest BCUT2D eigenvalue weighted by molar-refractivity contribution is 0.340. The first-order valence-electron chi connectivity index (χ1n) is 11.8. The van der Waals surface area contributed by atoms with Crippen LogP contribution >= 0.6 is 0 Å². The minimum Gasteiger partial charge on any atom is -0.494 e. The molecule has 7 nitrogen and oxygen atoms in total. The largest absolute Gasteiger partial charge is 0.494 e. The maximum absolute atomic E-state index is 12.2. The molecular formula is C28H31N5O2S. The van der Waals surface area contributed by atoms with Gasteiger partial charge in [-0.05, 0) is 67.1 Å². The third-order valence-corrected chi connectivity index (χ3v) is 6.58. The number of benzene rings is 3. The Hall–Kier alpha value is -3.88. The van der Waals surface area contributed by atoms with Gasteiger partial charge in [0.2, 0.25) is 5.95 Å². The lowest BCUT2D eigenvalue weighted by Crippen LogP contribution is -2.12. The molecular weight excluding hydrogens is 470 g/mol. The van der Waals surface area contributed by atoms with Crippen LogP contribution in [0.3, 0.4) is 0 Å². The van der Waals surface area contributed by atoms with E-state index in [9.17, 15) is 4.21 Å². The summed E-state index contributed by atoms with van der Waals surface area (Å²) < 4.78 is 17.7. The average molecular weight is 502 g/mol. The first-order chi connectivity index (χ1) is 17.4. The summed E-state index contributed by atoms with van der Waals surface area (Å²) in [6.45, 7) is 3.33. The van der Waals surface area contributed by atoms with Gasteiger partial charge >= 0.3 is 0 Å². The van der Waals surface area contributed by atoms with Crippen molar-refractivity contribution in [3.05, 3.63) is 90.6 Å². The molecule has 1 heterocycles. The van der Waals surface area contributed by atoms with Crippen LogP contribution in [0.4, 0.5) is 17.5 Å². The first kappa shape index (κ1) is 25.2. The average Bonchev–Trinajstić information content (AvgIpc) is 2.88. The maximum atomic E-state index is 12.2. The number of nitrogens with zero attached hydrogens (tertiary/aromatic N) is 2. The first-order valence-corrected chi connectivity index (χ1v) is 13.6. The van der Waals surface area contributed by atoms with Crippen molar-refractivity contribution in [2.75, 3.05) is 23.8 Å². The fraction of sp³-hybridized carbons (Fsp3) is 0.179. The molecule has 1 aromatic heterocycles. The fourth-order valence-corrected chi connectivity index (χ4v) is 4.38. The molecule has 4 N–H and O–H groups in total. The van der Waals surface area contributed by atoms with E-state index < -0.39 is 9.71 Å². The fourth-order valence-electron chi connectivity index (χ4n) is 3.75. The van der Waals surface area contributed by atoms with E-state index in [1.165, 1.54) is 5.56 Å². The molecule has 1 atom stereocenters. The molecule has 0 spiro atoms. The number of nitrogens with one attached hydrogen (secondary N) is 2. The van der Waals surface area contributed by atoms with Crippen LogP contribution in [-0.2, 0) is 16.1 Å². The molecule has 186 valence electrons. The Kier molecular flexibility index (Phi) is 8.20. The summed E-state index contributed by atoms with van der Waals surface area (Å²) in [5, 5.41) is 12.4. The molecule has 3 aromatic carbocycles. The van der Waals surface area contributed by atoms with Crippen molar-refractivity contribution in [3.8, 4) is 16.9 Å². The van der Waals surface area contributed by atoms with Gasteiger partial charge in [0.05, 0.1) is 16.3 Å². The Morgan fingerprint density at radius 1 is 1.03 bits per heavy atom. The number of hydrogen-bond donors (Lipinski definition) is 3. The van der Waals surface area contributed by atoms with Crippen molar-refractivity contribution in [2.45, 2.75) is 24.7 Å². The number of ether oxygens (including phenoxy) is 1. The molecule has 8 heteroatoms. The van der Waals surface area contributed by atoms with Crippen LogP contribution in [0, 0.1) is 0 Å². The summed E-state index contributed by atoms with van der Waals surface area (Å²) >= 11 is 0. The third kappa shape index (κ3) is 6.84. The second-order valence-corrected chi connectivity index (χ2v) is 10.2. The minimum absolute atomic E-state index is 0.417. The topological polar surface area (TPSA) is 102 Å². The van der Waals surface area contributed by atoms with E-state index in [4.69, 9.17) is 14.9 Å². The maximum Gasteiger partial charge on any atom is 0.229 e. The zero-order chi connectivity index (χ0) is 25.4. The smallest absolute Gasteiger partial charge is 0.229 e. The molecule has 1 unspecified atom stereocenters. The Morgan fingerprint density at radius 2 is 1.81 bits per heavy atom. The van der Waals surface area contributed by atoms with Crippen molar-refractivity contribution in [1.29, 1.82) is 0 Å². The number of aryl methyl sites for hydroxylation is 1. The van der Waals surface area contributed by atoms with Gasteiger partial charge in [0, 0.05) is 28.9 Å². The second kappa shape index (κ2) is 11.7. The van der Waals surface area contributed by atoms with Crippen LogP contribution in [0.1, 0.15) is 18.9 Å². The monoisotopic (exact) mass is 501 g/mol. The lowest BCUT2D eigenvalue weighted by atomic mass is 10.1. The Morgan fingerprint density at radius 3 is 2.53 bits per heavy atom. The minimum atomic E-state index is -2.82. The molecule has 0 fully saturated rings. The molecule has 4 rings (SSSR count). The van der Waals surface area contributed by atoms with Crippen molar-refractivity contribution in [3.63, 3.8) is 0 Å². The molecule has 0 amide bonds. The van der Waals surface area contributed by atoms with Gasteiger partial charge in [0.25, 0.3) is 0 Å². The summed E-state index contributed by atoms with van der Waals surface area (Å²) in [6, 6.07) is 25.3. The zero-order valence-electron chi connectivity index (χ0n) is 20.3. The van der Waals surface area contributed by atoms with Crippen molar-refractivity contribution in [1.82, 2.24) is 9.97 Å². The van der Waals surface area contributed by atoms with Crippen LogP contribution in [0.25, 0.3) is 11.1 Å². The van der Waals surface area contributed by atoms with E-state index in [0.29, 0.717) is 23.1 Å². The molecule has 0 saturated carbocycles. The normalized spacial score (nSPS) is 12.5. The van der Waals surface area contributed by atoms with Gasteiger partial charge in [-0.25, -0.2) is 9.19 Å². The molecule has 0 aliphatic heterocycles. The van der Waals surface area contributed by atoms with Crippen LogP contribution in [-0.4, -0.2) is 33.2 Å². The Balaban J connectivity index is 1.56. The van der Waals surface area contributed by atoms with Gasteiger partial charge < -0.3 is 15.4 Å². The number of nitrogens with two attached hydrogens (primary N) is 1. The summed E-state index contributed by atoms with van der Waals surface area (Å²) in [4.78, 5) is 9.74. The zero-order valence-corrected chi connectivity index (χ0v) is 21.1. The molecule has 4 aromatic rings. The van der Waals surface area contributed by atoms with Gasteiger partial charge in [-0.15, -0.1) is 0 Å². The standard InChI is InChI=1S/C28H31N5O2S/c1-3-35-24-16-14-22(15-17-24)26-20-31-28(32-23-12-7-13-25(19-23)36(2,29)34)33-27(26)30-18-8-11-21-9-5-4-6-10-21/h4-7,9-10,12-17,19-20H,2-3,8,11,18H2,1H3,(H2,29,34)(H2,30,31,32,33). The van der Waals surface area contributed by atoms with E-state index >= 15 is 0 Å². The van der Waals surface area contributed by atoms with E-state index in [2.05, 4.69) is 45.8 Å². The molecule has 0 bridgehead atoms. The number of anilines is 3. The highest BCUT2D eigenvalue weighted by Crippen LogP contribution is 2.29. The van der Waals surface area contributed by atoms with E-state index in [1.54, 1.807) is 24.4 Å². The summed E-state index contributed by atoms with van der Waals surface area (Å²) in [5.41, 5.74) is 3.85. The van der Waals surface area contributed by atoms with Crippen LogP contribution < -0.4 is 20.5 Å². The Labute approximate surface area is 212 Å². The van der Waals surface area contributed by atoms with Gasteiger partial charge in [-0.2, -0.15) is 4.98 Å². The van der Waals surface area contributed by atoms with E-state index in [1.807, 2.05) is 43.3 Å². The molecule has 0 aliphatic carbocycles. The van der Waals surface area contributed by atoms with Gasteiger partial charge in [-0.1, -0.05) is 48.5 Å². The van der Waals surface area contributed by atoms with Gasteiger partial charge in [0.1, 0.15) is 11.6 Å². The SMILES string of the molecule is C=S(N)(=O)c1cccc(Nc2ncc(-c3ccc(OCC)cc3)c(NCCCc3ccccc3)n2)c1. The number of hydrogen-bond acceptors (Lipinski definition) is 6. The molecule has 0 aliphatic rings. The summed E-state index contributed by atoms with van der Waals surface area (Å²) in [7, 11) is -2.82. The third-order valence-electron chi connectivity index (χ3n) is 5.53. The second-order valence-electron chi connectivity index (χ2n) is 8.31. The van der Waals surface area contributed by atoms with Crippen LogP contribution in [0.2, 0.25) is 0 Å². The van der Waals surface area contributed by atoms with Crippen LogP contribution in [0.5, 0.6) is 5.75 Å². The highest BCUT2D eigenvalue weighted by molar-refractivity contribution is 7.98. The molecule has 36 heavy (non-hydrogen) atoms. The molecule has 0 radical (unpaired) electrons. The predicted molar refractivity (Wildman–Crippen MR) is 149 cm³/mol. The quantitative estimate of drug-likeness (QED) is 0.191. The van der Waals surface area contributed by atoms with Crippen molar-refractivity contribution >= 4 is 33.0 Å².